The first-order valence-corrected chi connectivity index (χ1v) is 5.98. The molecule has 1 aromatic carbocycles. The maximum Gasteiger partial charge on any atom is 0.241 e. The van der Waals surface area contributed by atoms with Crippen LogP contribution in [0.3, 0.4) is 0 Å². The Bertz CT molecular complexity index is 436. The fourth-order valence-corrected chi connectivity index (χ4v) is 2.23. The van der Waals surface area contributed by atoms with Gasteiger partial charge in [-0.05, 0) is 26.0 Å². The molecule has 1 unspecified atom stereocenters. The van der Waals surface area contributed by atoms with Gasteiger partial charge in [-0.15, -0.1) is 0 Å². The standard InChI is InChI=1S/C10H13NO3S/c1-8-3-5-10(6-4-8)15(13,14)11-9(2)7-12/h3-7,9,11H,1-2H3. The average molecular weight is 227 g/mol. The first-order valence-electron chi connectivity index (χ1n) is 4.50. The van der Waals surface area contributed by atoms with E-state index in [2.05, 4.69) is 4.72 Å². The molecule has 0 bridgehead atoms. The maximum absolute atomic E-state index is 11.6. The third-order valence-corrected chi connectivity index (χ3v) is 3.45. The molecule has 0 radical (unpaired) electrons. The number of nitrogens with one attached hydrogen (secondary N) is 1. The number of carbonyl (C=O) groups excluding carboxylic acids is 1. The molecule has 0 aliphatic heterocycles. The first kappa shape index (κ1) is 11.9. The fraction of sp³-hybridized carbons (Fsp3) is 0.300. The second kappa shape index (κ2) is 4.55. The van der Waals surface area contributed by atoms with Gasteiger partial charge in [0.15, 0.2) is 0 Å². The molecule has 0 saturated carbocycles. The lowest BCUT2D eigenvalue weighted by atomic mass is 10.2. The first-order chi connectivity index (χ1) is 6.95. The molecule has 0 amide bonds. The largest absolute Gasteiger partial charge is 0.302 e. The van der Waals surface area contributed by atoms with E-state index in [0.29, 0.717) is 6.29 Å². The van der Waals surface area contributed by atoms with Gasteiger partial charge < -0.3 is 4.79 Å². The van der Waals surface area contributed by atoms with E-state index in [1.54, 1.807) is 12.1 Å². The Hall–Kier alpha value is -1.20. The van der Waals surface area contributed by atoms with Gasteiger partial charge in [0.05, 0.1) is 10.9 Å². The Kier molecular flexibility index (Phi) is 3.60. The van der Waals surface area contributed by atoms with E-state index >= 15 is 0 Å². The minimum atomic E-state index is -3.57. The van der Waals surface area contributed by atoms with Gasteiger partial charge in [-0.25, -0.2) is 13.1 Å². The molecule has 4 nitrogen and oxygen atoms in total. The van der Waals surface area contributed by atoms with Gasteiger partial charge in [0.2, 0.25) is 10.0 Å². The highest BCUT2D eigenvalue weighted by molar-refractivity contribution is 7.89. The van der Waals surface area contributed by atoms with Crippen molar-refractivity contribution >= 4 is 16.3 Å². The van der Waals surface area contributed by atoms with Gasteiger partial charge in [0, 0.05) is 0 Å². The van der Waals surface area contributed by atoms with E-state index in [-0.39, 0.29) is 4.90 Å². The van der Waals surface area contributed by atoms with Crippen molar-refractivity contribution in [3.8, 4) is 0 Å². The van der Waals surface area contributed by atoms with Crippen LogP contribution in [0.5, 0.6) is 0 Å². The normalized spacial score (nSPS) is 13.5. The lowest BCUT2D eigenvalue weighted by Crippen LogP contribution is -2.33. The van der Waals surface area contributed by atoms with Gasteiger partial charge in [-0.3, -0.25) is 0 Å². The van der Waals surface area contributed by atoms with Crippen LogP contribution in [0.15, 0.2) is 29.2 Å². The Balaban J connectivity index is 2.96. The molecular weight excluding hydrogens is 214 g/mol. The van der Waals surface area contributed by atoms with E-state index in [1.165, 1.54) is 19.1 Å². The zero-order valence-corrected chi connectivity index (χ0v) is 9.41. The van der Waals surface area contributed by atoms with Crippen LogP contribution in [-0.4, -0.2) is 20.7 Å². The fourth-order valence-electron chi connectivity index (χ4n) is 1.06. The van der Waals surface area contributed by atoms with Crippen molar-refractivity contribution in [1.82, 2.24) is 4.72 Å². The van der Waals surface area contributed by atoms with Crippen LogP contribution in [0, 0.1) is 6.92 Å². The molecule has 0 aliphatic carbocycles. The molecule has 82 valence electrons. The van der Waals surface area contributed by atoms with E-state index in [4.69, 9.17) is 0 Å². The van der Waals surface area contributed by atoms with Crippen LogP contribution in [0.4, 0.5) is 0 Å². The zero-order chi connectivity index (χ0) is 11.5. The van der Waals surface area contributed by atoms with Gasteiger partial charge in [-0.1, -0.05) is 17.7 Å². The Morgan fingerprint density at radius 3 is 2.27 bits per heavy atom. The quantitative estimate of drug-likeness (QED) is 0.776. The van der Waals surface area contributed by atoms with Crippen molar-refractivity contribution < 1.29 is 13.2 Å². The number of aryl methyl sites for hydroxylation is 1. The van der Waals surface area contributed by atoms with Crippen molar-refractivity contribution in [1.29, 1.82) is 0 Å². The predicted octanol–water partition coefficient (Wildman–Crippen LogP) is 0.861. The average Bonchev–Trinajstić information content (AvgIpc) is 2.17. The molecule has 0 heterocycles. The highest BCUT2D eigenvalue weighted by Crippen LogP contribution is 2.09. The predicted molar refractivity (Wildman–Crippen MR) is 57.0 cm³/mol. The molecule has 1 atom stereocenters. The second-order valence-corrected chi connectivity index (χ2v) is 5.07. The third-order valence-electron chi connectivity index (χ3n) is 1.88. The number of hydrogen-bond donors (Lipinski definition) is 1. The zero-order valence-electron chi connectivity index (χ0n) is 8.60. The number of carbonyl (C=O) groups is 1. The minimum Gasteiger partial charge on any atom is -0.302 e. The van der Waals surface area contributed by atoms with Gasteiger partial charge >= 0.3 is 0 Å². The lowest BCUT2D eigenvalue weighted by molar-refractivity contribution is -0.108. The minimum absolute atomic E-state index is 0.168. The molecule has 0 aromatic heterocycles. The van der Waals surface area contributed by atoms with Gasteiger partial charge in [0.25, 0.3) is 0 Å². The van der Waals surface area contributed by atoms with E-state index < -0.39 is 16.1 Å². The van der Waals surface area contributed by atoms with Crippen LogP contribution in [-0.2, 0) is 14.8 Å². The number of aldehydes is 1. The number of hydrogen-bond acceptors (Lipinski definition) is 3. The summed E-state index contributed by atoms with van der Waals surface area (Å²) in [6.07, 6.45) is 0.547. The molecule has 5 heteroatoms. The highest BCUT2D eigenvalue weighted by atomic mass is 32.2. The van der Waals surface area contributed by atoms with Gasteiger partial charge in [0.1, 0.15) is 6.29 Å². The summed E-state index contributed by atoms with van der Waals surface area (Å²) in [5, 5.41) is 0. The van der Waals surface area contributed by atoms with E-state index in [9.17, 15) is 13.2 Å². The summed E-state index contributed by atoms with van der Waals surface area (Å²) in [6, 6.07) is 5.72. The van der Waals surface area contributed by atoms with Crippen LogP contribution >= 0.6 is 0 Å². The highest BCUT2D eigenvalue weighted by Gasteiger charge is 2.16. The maximum atomic E-state index is 11.6. The van der Waals surface area contributed by atoms with Crippen LogP contribution in [0.25, 0.3) is 0 Å². The Labute approximate surface area is 89.4 Å². The smallest absolute Gasteiger partial charge is 0.241 e. The monoisotopic (exact) mass is 227 g/mol. The SMILES string of the molecule is Cc1ccc(S(=O)(=O)NC(C)C=O)cc1. The number of sulfonamides is 1. The molecule has 1 N–H and O–H groups in total. The molecule has 0 spiro atoms. The van der Waals surface area contributed by atoms with Crippen molar-refractivity contribution in [2.45, 2.75) is 24.8 Å². The van der Waals surface area contributed by atoms with Crippen molar-refractivity contribution in [2.75, 3.05) is 0 Å². The van der Waals surface area contributed by atoms with E-state index in [1.807, 2.05) is 6.92 Å². The molecule has 0 fully saturated rings. The van der Waals surface area contributed by atoms with E-state index in [0.717, 1.165) is 5.56 Å². The molecule has 1 rings (SSSR count). The van der Waals surface area contributed by atoms with Crippen molar-refractivity contribution in [3.63, 3.8) is 0 Å². The third kappa shape index (κ3) is 3.14. The Morgan fingerprint density at radius 2 is 1.80 bits per heavy atom. The van der Waals surface area contributed by atoms with Gasteiger partial charge in [-0.2, -0.15) is 0 Å². The lowest BCUT2D eigenvalue weighted by Gasteiger charge is -2.08. The summed E-state index contributed by atoms with van der Waals surface area (Å²) in [6.45, 7) is 3.36. The summed E-state index contributed by atoms with van der Waals surface area (Å²) in [7, 11) is -3.57. The van der Waals surface area contributed by atoms with Crippen molar-refractivity contribution in [3.05, 3.63) is 29.8 Å². The summed E-state index contributed by atoms with van der Waals surface area (Å²) in [5.74, 6) is 0. The summed E-state index contributed by atoms with van der Waals surface area (Å²) in [4.78, 5) is 10.5. The molecule has 0 aliphatic rings. The second-order valence-electron chi connectivity index (χ2n) is 3.36. The molecular formula is C10H13NO3S. The molecule has 0 saturated heterocycles. The van der Waals surface area contributed by atoms with Crippen LogP contribution in [0.2, 0.25) is 0 Å². The Morgan fingerprint density at radius 1 is 1.27 bits per heavy atom. The van der Waals surface area contributed by atoms with Crippen molar-refractivity contribution in [2.24, 2.45) is 0 Å². The summed E-state index contributed by atoms with van der Waals surface area (Å²) >= 11 is 0. The number of rotatable bonds is 4. The van der Waals surface area contributed by atoms with Crippen LogP contribution in [0.1, 0.15) is 12.5 Å². The van der Waals surface area contributed by atoms with Crippen LogP contribution < -0.4 is 4.72 Å². The summed E-state index contributed by atoms with van der Waals surface area (Å²) < 4.78 is 25.5. The molecule has 1 aromatic rings. The topological polar surface area (TPSA) is 63.2 Å². The number of benzene rings is 1. The summed E-state index contributed by atoms with van der Waals surface area (Å²) in [5.41, 5.74) is 0.984. The molecule has 15 heavy (non-hydrogen) atoms.